The number of H-pyrrole nitrogens is 1. The van der Waals surface area contributed by atoms with Crippen molar-refractivity contribution in [2.24, 2.45) is 7.05 Å². The molecule has 0 bridgehead atoms. The zero-order chi connectivity index (χ0) is 28.5. The molecule has 202 valence electrons. The number of carbonyl (C=O) groups excluding carboxylic acids is 1. The molecule has 0 radical (unpaired) electrons. The summed E-state index contributed by atoms with van der Waals surface area (Å²) in [6.45, 7) is 1.75. The van der Waals surface area contributed by atoms with Gasteiger partial charge >= 0.3 is 0 Å². The number of aromatic amines is 1. The Morgan fingerprint density at radius 1 is 0.902 bits per heavy atom. The fourth-order valence-electron chi connectivity index (χ4n) is 4.75. The molecule has 0 saturated heterocycles. The molecule has 3 aromatic carbocycles. The second-order valence-electron chi connectivity index (χ2n) is 9.52. The molecule has 3 aromatic heterocycles. The molecule has 0 aliphatic rings. The fourth-order valence-corrected chi connectivity index (χ4v) is 4.75. The van der Waals surface area contributed by atoms with E-state index in [1.165, 1.54) is 4.68 Å². The standard InChI is InChI=1S/C31H26N8O2/c1-19-27(31(41)39(38(19)2)25-9-4-3-5-10-25)30(40)36-24-13-11-20(12-14-24)28-29(32)33-18-26(37-28)22-8-6-7-21(15-22)23-16-34-35-17-23/h3-18H,1-2H3,(H2,32,33)(H,34,35)(H,36,40). The van der Waals surface area contributed by atoms with Crippen molar-refractivity contribution in [2.45, 2.75) is 6.92 Å². The SMILES string of the molecule is Cc1c(C(=O)Nc2ccc(-c3nc(-c4cccc(-c5cn[nH]c5)c4)cnc3N)cc2)c(=O)n(-c2ccccc2)n1C. The molecule has 0 aliphatic heterocycles. The van der Waals surface area contributed by atoms with Gasteiger partial charge in [-0.05, 0) is 42.8 Å². The van der Waals surface area contributed by atoms with Crippen molar-refractivity contribution < 1.29 is 4.79 Å². The van der Waals surface area contributed by atoms with Gasteiger partial charge in [-0.1, -0.05) is 48.5 Å². The lowest BCUT2D eigenvalue weighted by atomic mass is 10.0. The highest BCUT2D eigenvalue weighted by Gasteiger charge is 2.22. The van der Waals surface area contributed by atoms with Gasteiger partial charge in [0.1, 0.15) is 17.1 Å². The summed E-state index contributed by atoms with van der Waals surface area (Å²) in [6, 6.07) is 24.2. The number of carbonyl (C=O) groups is 1. The topological polar surface area (TPSA) is 137 Å². The summed E-state index contributed by atoms with van der Waals surface area (Å²) >= 11 is 0. The molecule has 3 heterocycles. The number of nitrogens with two attached hydrogens (primary N) is 1. The maximum atomic E-state index is 13.2. The zero-order valence-electron chi connectivity index (χ0n) is 22.4. The highest BCUT2D eigenvalue weighted by molar-refractivity contribution is 6.05. The van der Waals surface area contributed by atoms with Gasteiger partial charge in [-0.2, -0.15) is 5.10 Å². The summed E-state index contributed by atoms with van der Waals surface area (Å²) in [5, 5.41) is 9.69. The van der Waals surface area contributed by atoms with Gasteiger partial charge in [-0.3, -0.25) is 19.4 Å². The molecular weight excluding hydrogens is 516 g/mol. The van der Waals surface area contributed by atoms with Crippen LogP contribution in [0.2, 0.25) is 0 Å². The molecule has 41 heavy (non-hydrogen) atoms. The van der Waals surface area contributed by atoms with Crippen molar-refractivity contribution in [3.63, 3.8) is 0 Å². The Morgan fingerprint density at radius 2 is 1.66 bits per heavy atom. The van der Waals surface area contributed by atoms with Gasteiger partial charge in [0.25, 0.3) is 11.5 Å². The number of nitrogens with one attached hydrogen (secondary N) is 2. The van der Waals surface area contributed by atoms with Crippen molar-refractivity contribution in [3.05, 3.63) is 119 Å². The van der Waals surface area contributed by atoms with Gasteiger partial charge in [-0.25, -0.2) is 14.6 Å². The highest BCUT2D eigenvalue weighted by atomic mass is 16.2. The minimum Gasteiger partial charge on any atom is -0.382 e. The second-order valence-corrected chi connectivity index (χ2v) is 9.52. The number of anilines is 2. The molecule has 10 nitrogen and oxygen atoms in total. The van der Waals surface area contributed by atoms with E-state index in [1.54, 1.807) is 43.2 Å². The predicted molar refractivity (Wildman–Crippen MR) is 159 cm³/mol. The Kier molecular flexibility index (Phi) is 6.48. The molecule has 0 aliphatic carbocycles. The van der Waals surface area contributed by atoms with Gasteiger partial charge in [0.2, 0.25) is 0 Å². The number of para-hydroxylation sites is 1. The summed E-state index contributed by atoms with van der Waals surface area (Å²) < 4.78 is 3.15. The maximum Gasteiger partial charge on any atom is 0.284 e. The van der Waals surface area contributed by atoms with E-state index >= 15 is 0 Å². The molecule has 0 saturated carbocycles. The normalized spacial score (nSPS) is 11.0. The molecule has 1 amide bonds. The molecular formula is C31H26N8O2. The number of rotatable bonds is 6. The largest absolute Gasteiger partial charge is 0.382 e. The van der Waals surface area contributed by atoms with Crippen LogP contribution in [-0.2, 0) is 7.05 Å². The highest BCUT2D eigenvalue weighted by Crippen LogP contribution is 2.29. The molecule has 4 N–H and O–H groups in total. The van der Waals surface area contributed by atoms with E-state index in [1.807, 2.05) is 72.9 Å². The van der Waals surface area contributed by atoms with Crippen LogP contribution in [0, 0.1) is 6.92 Å². The van der Waals surface area contributed by atoms with E-state index in [2.05, 4.69) is 20.5 Å². The quantitative estimate of drug-likeness (QED) is 0.276. The van der Waals surface area contributed by atoms with Crippen molar-refractivity contribution in [3.8, 4) is 39.3 Å². The third kappa shape index (κ3) is 4.78. The van der Waals surface area contributed by atoms with Crippen LogP contribution < -0.4 is 16.6 Å². The van der Waals surface area contributed by atoms with Crippen LogP contribution in [0.15, 0.2) is 102 Å². The van der Waals surface area contributed by atoms with Crippen molar-refractivity contribution >= 4 is 17.4 Å². The van der Waals surface area contributed by atoms with E-state index in [4.69, 9.17) is 10.7 Å². The number of hydrogen-bond acceptors (Lipinski definition) is 6. The Labute approximate surface area is 235 Å². The monoisotopic (exact) mass is 542 g/mol. The Hall–Kier alpha value is -5.77. The van der Waals surface area contributed by atoms with Crippen LogP contribution in [0.3, 0.4) is 0 Å². The van der Waals surface area contributed by atoms with Crippen molar-refractivity contribution in [1.82, 2.24) is 29.5 Å². The lowest BCUT2D eigenvalue weighted by molar-refractivity contribution is 0.102. The molecule has 0 fully saturated rings. The number of amides is 1. The first-order valence-electron chi connectivity index (χ1n) is 12.9. The smallest absolute Gasteiger partial charge is 0.284 e. The van der Waals surface area contributed by atoms with Crippen LogP contribution in [0.25, 0.3) is 39.3 Å². The molecule has 6 rings (SSSR count). The third-order valence-electron chi connectivity index (χ3n) is 6.99. The number of nitrogens with zero attached hydrogens (tertiary/aromatic N) is 5. The molecule has 6 aromatic rings. The third-order valence-corrected chi connectivity index (χ3v) is 6.99. The van der Waals surface area contributed by atoms with Gasteiger partial charge in [0.15, 0.2) is 0 Å². The average Bonchev–Trinajstić information content (AvgIpc) is 3.61. The lowest BCUT2D eigenvalue weighted by Crippen LogP contribution is -2.25. The van der Waals surface area contributed by atoms with Crippen molar-refractivity contribution in [2.75, 3.05) is 11.1 Å². The molecule has 0 atom stereocenters. The van der Waals surface area contributed by atoms with E-state index in [9.17, 15) is 9.59 Å². The fraction of sp³-hybridized carbons (Fsp3) is 0.0645. The minimum atomic E-state index is -0.482. The average molecular weight is 543 g/mol. The molecule has 0 unspecified atom stereocenters. The zero-order valence-corrected chi connectivity index (χ0v) is 22.4. The Morgan fingerprint density at radius 3 is 2.39 bits per heavy atom. The summed E-state index contributed by atoms with van der Waals surface area (Å²) in [6.07, 6.45) is 5.24. The van der Waals surface area contributed by atoms with E-state index in [0.717, 1.165) is 22.3 Å². The second kappa shape index (κ2) is 10.4. The van der Waals surface area contributed by atoms with E-state index in [0.29, 0.717) is 28.5 Å². The van der Waals surface area contributed by atoms with Gasteiger partial charge in [0.05, 0.1) is 29.5 Å². The Balaban J connectivity index is 1.25. The first-order chi connectivity index (χ1) is 19.9. The summed E-state index contributed by atoms with van der Waals surface area (Å²) in [4.78, 5) is 35.6. The van der Waals surface area contributed by atoms with Gasteiger partial charge < -0.3 is 11.1 Å². The van der Waals surface area contributed by atoms with Gasteiger partial charge in [0, 0.05) is 35.6 Å². The number of hydrogen-bond donors (Lipinski definition) is 3. The van der Waals surface area contributed by atoms with Crippen LogP contribution in [-0.4, -0.2) is 35.4 Å². The molecule has 0 spiro atoms. The lowest BCUT2D eigenvalue weighted by Gasteiger charge is -2.10. The number of benzene rings is 3. The Bertz CT molecular complexity index is 1920. The van der Waals surface area contributed by atoms with Crippen LogP contribution in [0.4, 0.5) is 11.5 Å². The van der Waals surface area contributed by atoms with Crippen LogP contribution in [0.1, 0.15) is 16.1 Å². The first-order valence-corrected chi connectivity index (χ1v) is 12.9. The van der Waals surface area contributed by atoms with Crippen LogP contribution in [0.5, 0.6) is 0 Å². The summed E-state index contributed by atoms with van der Waals surface area (Å²) in [7, 11) is 1.75. The van der Waals surface area contributed by atoms with Crippen LogP contribution >= 0.6 is 0 Å². The predicted octanol–water partition coefficient (Wildman–Crippen LogP) is 4.83. The van der Waals surface area contributed by atoms with E-state index < -0.39 is 5.91 Å². The minimum absolute atomic E-state index is 0.0842. The van der Waals surface area contributed by atoms with Gasteiger partial charge in [-0.15, -0.1) is 0 Å². The maximum absolute atomic E-state index is 13.2. The number of aromatic nitrogens is 6. The summed E-state index contributed by atoms with van der Waals surface area (Å²) in [5.41, 5.74) is 12.5. The van der Waals surface area contributed by atoms with E-state index in [-0.39, 0.29) is 16.9 Å². The number of nitrogen functional groups attached to an aromatic ring is 1. The van der Waals surface area contributed by atoms with Crippen molar-refractivity contribution in [1.29, 1.82) is 0 Å². The first kappa shape index (κ1) is 25.5. The molecule has 10 heteroatoms. The summed E-state index contributed by atoms with van der Waals surface area (Å²) in [5.74, 6) is -0.192.